The molecule has 2 heterocycles. The van der Waals surface area contributed by atoms with Crippen LogP contribution in [0.15, 0.2) is 24.5 Å². The van der Waals surface area contributed by atoms with Crippen LogP contribution in [0.2, 0.25) is 0 Å². The fourth-order valence-electron chi connectivity index (χ4n) is 2.30. The summed E-state index contributed by atoms with van der Waals surface area (Å²) in [5.41, 5.74) is 6.40. The summed E-state index contributed by atoms with van der Waals surface area (Å²) < 4.78 is 25.9. The first-order valence-electron chi connectivity index (χ1n) is 6.23. The lowest BCUT2D eigenvalue weighted by Gasteiger charge is -2.22. The van der Waals surface area contributed by atoms with Crippen molar-refractivity contribution in [2.45, 2.75) is 25.3 Å². The Morgan fingerprint density at radius 2 is 2.16 bits per heavy atom. The molecular formula is C12H18N4O2S. The summed E-state index contributed by atoms with van der Waals surface area (Å²) >= 11 is 0. The third kappa shape index (κ3) is 3.30. The van der Waals surface area contributed by atoms with Crippen molar-refractivity contribution in [3.8, 4) is 0 Å². The number of sulfonamides is 1. The fraction of sp³-hybridized carbons (Fsp3) is 0.500. The summed E-state index contributed by atoms with van der Waals surface area (Å²) in [6.07, 6.45) is 5.15. The van der Waals surface area contributed by atoms with E-state index in [0.29, 0.717) is 19.4 Å². The zero-order valence-electron chi connectivity index (χ0n) is 10.6. The first kappa shape index (κ1) is 14.0. The van der Waals surface area contributed by atoms with Gasteiger partial charge < -0.3 is 5.73 Å². The Kier molecular flexibility index (Phi) is 4.16. The maximum absolute atomic E-state index is 12.3. The van der Waals surface area contributed by atoms with Gasteiger partial charge >= 0.3 is 0 Å². The van der Waals surface area contributed by atoms with Crippen LogP contribution in [0.4, 0.5) is 0 Å². The van der Waals surface area contributed by atoms with Crippen LogP contribution < -0.4 is 5.73 Å². The highest BCUT2D eigenvalue weighted by atomic mass is 32.2. The molecule has 3 N–H and O–H groups in total. The van der Waals surface area contributed by atoms with E-state index in [1.54, 1.807) is 12.4 Å². The summed E-state index contributed by atoms with van der Waals surface area (Å²) in [6, 6.07) is 3.16. The summed E-state index contributed by atoms with van der Waals surface area (Å²) in [5.74, 6) is -0.0224. The monoisotopic (exact) mass is 282 g/mol. The molecule has 0 bridgehead atoms. The molecule has 2 rings (SSSR count). The maximum atomic E-state index is 12.3. The molecule has 6 nitrogen and oxygen atoms in total. The molecule has 104 valence electrons. The number of rotatable bonds is 5. The van der Waals surface area contributed by atoms with Crippen LogP contribution in [0.5, 0.6) is 0 Å². The number of pyridine rings is 1. The van der Waals surface area contributed by atoms with Crippen molar-refractivity contribution >= 4 is 15.9 Å². The van der Waals surface area contributed by atoms with Crippen molar-refractivity contribution in [1.29, 1.82) is 5.41 Å². The Morgan fingerprint density at radius 3 is 2.79 bits per heavy atom. The van der Waals surface area contributed by atoms with Crippen LogP contribution in [-0.4, -0.2) is 41.9 Å². The quantitative estimate of drug-likeness (QED) is 0.601. The number of aryl methyl sites for hydroxylation is 1. The van der Waals surface area contributed by atoms with Crippen molar-refractivity contribution in [2.75, 3.05) is 12.3 Å². The molecule has 7 heteroatoms. The first-order valence-corrected chi connectivity index (χ1v) is 7.84. The molecule has 1 unspecified atom stereocenters. The topological polar surface area (TPSA) is 100 Å². The van der Waals surface area contributed by atoms with Crippen molar-refractivity contribution in [1.82, 2.24) is 9.29 Å². The predicted octanol–water partition coefficient (Wildman–Crippen LogP) is 0.354. The molecule has 0 amide bonds. The zero-order valence-corrected chi connectivity index (χ0v) is 11.4. The van der Waals surface area contributed by atoms with Gasteiger partial charge in [0.25, 0.3) is 0 Å². The van der Waals surface area contributed by atoms with Crippen molar-refractivity contribution in [2.24, 2.45) is 5.73 Å². The average molecular weight is 282 g/mol. The van der Waals surface area contributed by atoms with E-state index in [4.69, 9.17) is 11.1 Å². The smallest absolute Gasteiger partial charge is 0.215 e. The van der Waals surface area contributed by atoms with E-state index < -0.39 is 16.1 Å². The van der Waals surface area contributed by atoms with Gasteiger partial charge in [0.15, 0.2) is 0 Å². The van der Waals surface area contributed by atoms with Crippen LogP contribution in [0.1, 0.15) is 18.4 Å². The number of hydrogen-bond acceptors (Lipinski definition) is 4. The van der Waals surface area contributed by atoms with Crippen molar-refractivity contribution < 1.29 is 8.42 Å². The van der Waals surface area contributed by atoms with E-state index in [1.165, 1.54) is 4.31 Å². The highest BCUT2D eigenvalue weighted by Gasteiger charge is 2.35. The second-order valence-electron chi connectivity index (χ2n) is 4.65. The minimum Gasteiger partial charge on any atom is -0.386 e. The second kappa shape index (κ2) is 5.66. The van der Waals surface area contributed by atoms with Gasteiger partial charge in [-0.2, -0.15) is 4.31 Å². The SMILES string of the molecule is N=C(N)C1CCCN1S(=O)(=O)CCc1ccncc1. The highest BCUT2D eigenvalue weighted by molar-refractivity contribution is 7.89. The number of amidine groups is 1. The molecule has 19 heavy (non-hydrogen) atoms. The number of nitrogens with zero attached hydrogens (tertiary/aromatic N) is 2. The van der Waals surface area contributed by atoms with E-state index in [2.05, 4.69) is 4.98 Å². The number of nitrogens with two attached hydrogens (primary N) is 1. The lowest BCUT2D eigenvalue weighted by Crippen LogP contribution is -2.44. The van der Waals surface area contributed by atoms with Gasteiger partial charge in [-0.3, -0.25) is 10.4 Å². The molecular weight excluding hydrogens is 264 g/mol. The Labute approximate surface area is 113 Å². The zero-order chi connectivity index (χ0) is 13.9. The minimum atomic E-state index is -3.36. The van der Waals surface area contributed by atoms with E-state index in [-0.39, 0.29) is 11.6 Å². The van der Waals surface area contributed by atoms with Gasteiger partial charge in [0, 0.05) is 18.9 Å². The normalized spacial score (nSPS) is 20.5. The minimum absolute atomic E-state index is 0.0425. The molecule has 1 saturated heterocycles. The Bertz CT molecular complexity index is 544. The molecule has 1 aromatic rings. The molecule has 0 aliphatic carbocycles. The summed E-state index contributed by atoms with van der Waals surface area (Å²) in [7, 11) is -3.36. The van der Waals surface area contributed by atoms with Gasteiger partial charge in [-0.05, 0) is 37.0 Å². The molecule has 1 aliphatic heterocycles. The lowest BCUT2D eigenvalue weighted by atomic mass is 10.2. The van der Waals surface area contributed by atoms with Crippen molar-refractivity contribution in [3.05, 3.63) is 30.1 Å². The lowest BCUT2D eigenvalue weighted by molar-refractivity contribution is 0.443. The molecule has 1 atom stereocenters. The van der Waals surface area contributed by atoms with Gasteiger partial charge in [-0.25, -0.2) is 8.42 Å². The predicted molar refractivity (Wildman–Crippen MR) is 73.4 cm³/mol. The molecule has 1 aromatic heterocycles. The Morgan fingerprint density at radius 1 is 1.47 bits per heavy atom. The van der Waals surface area contributed by atoms with E-state index in [9.17, 15) is 8.42 Å². The van der Waals surface area contributed by atoms with Gasteiger partial charge in [-0.1, -0.05) is 0 Å². The van der Waals surface area contributed by atoms with Crippen LogP contribution >= 0.6 is 0 Å². The second-order valence-corrected chi connectivity index (χ2v) is 6.69. The molecule has 0 spiro atoms. The summed E-state index contributed by atoms with van der Waals surface area (Å²) in [4.78, 5) is 3.90. The highest BCUT2D eigenvalue weighted by Crippen LogP contribution is 2.21. The van der Waals surface area contributed by atoms with Crippen LogP contribution in [0.25, 0.3) is 0 Å². The molecule has 0 radical (unpaired) electrons. The van der Waals surface area contributed by atoms with E-state index in [1.807, 2.05) is 12.1 Å². The maximum Gasteiger partial charge on any atom is 0.215 e. The first-order chi connectivity index (χ1) is 9.00. The van der Waals surface area contributed by atoms with E-state index in [0.717, 1.165) is 12.0 Å². The summed E-state index contributed by atoms with van der Waals surface area (Å²) in [5, 5.41) is 7.46. The van der Waals surface area contributed by atoms with Gasteiger partial charge in [0.2, 0.25) is 10.0 Å². The number of aromatic nitrogens is 1. The van der Waals surface area contributed by atoms with Crippen LogP contribution in [0.3, 0.4) is 0 Å². The fourth-order valence-corrected chi connectivity index (χ4v) is 4.04. The van der Waals surface area contributed by atoms with Crippen LogP contribution in [0, 0.1) is 5.41 Å². The molecule has 0 aromatic carbocycles. The number of hydrogen-bond donors (Lipinski definition) is 2. The molecule has 1 fully saturated rings. The van der Waals surface area contributed by atoms with E-state index >= 15 is 0 Å². The van der Waals surface area contributed by atoms with Gasteiger partial charge in [-0.15, -0.1) is 0 Å². The van der Waals surface area contributed by atoms with Gasteiger partial charge in [0.1, 0.15) is 5.84 Å². The van der Waals surface area contributed by atoms with Crippen molar-refractivity contribution in [3.63, 3.8) is 0 Å². The largest absolute Gasteiger partial charge is 0.386 e. The molecule has 1 aliphatic rings. The molecule has 0 saturated carbocycles. The third-order valence-electron chi connectivity index (χ3n) is 3.32. The Balaban J connectivity index is 2.04. The number of nitrogens with one attached hydrogen (secondary N) is 1. The van der Waals surface area contributed by atoms with Gasteiger partial charge in [0.05, 0.1) is 11.8 Å². The average Bonchev–Trinajstić information content (AvgIpc) is 2.88. The Hall–Kier alpha value is -1.47. The third-order valence-corrected chi connectivity index (χ3v) is 5.19. The standard InChI is InChI=1S/C12H18N4O2S/c13-12(14)11-2-1-8-16(11)19(17,18)9-5-10-3-6-15-7-4-10/h3-4,6-7,11H,1-2,5,8-9H2,(H3,13,14). The summed E-state index contributed by atoms with van der Waals surface area (Å²) in [6.45, 7) is 0.461. The van der Waals surface area contributed by atoms with Crippen LogP contribution in [-0.2, 0) is 16.4 Å².